The summed E-state index contributed by atoms with van der Waals surface area (Å²) >= 11 is 5.62. The van der Waals surface area contributed by atoms with Crippen LogP contribution in [0.3, 0.4) is 0 Å². The highest BCUT2D eigenvalue weighted by molar-refractivity contribution is 6.18. The lowest BCUT2D eigenvalue weighted by atomic mass is 10.1. The molecule has 16 heavy (non-hydrogen) atoms. The number of carbonyl (C=O) groups is 1. The van der Waals surface area contributed by atoms with Crippen LogP contribution in [-0.4, -0.2) is 18.3 Å². The molecule has 0 aliphatic carbocycles. The van der Waals surface area contributed by atoms with Gasteiger partial charge in [0.05, 0.1) is 6.42 Å². The quantitative estimate of drug-likeness (QED) is 0.791. The third-order valence-corrected chi connectivity index (χ3v) is 2.72. The molecule has 0 heterocycles. The van der Waals surface area contributed by atoms with Crippen molar-refractivity contribution in [2.24, 2.45) is 5.92 Å². The van der Waals surface area contributed by atoms with Crippen LogP contribution in [0.25, 0.3) is 0 Å². The van der Waals surface area contributed by atoms with Gasteiger partial charge in [0.1, 0.15) is 5.82 Å². The smallest absolute Gasteiger partial charge is 0.224 e. The topological polar surface area (TPSA) is 29.1 Å². The molecule has 1 aromatic carbocycles. The Labute approximate surface area is 99.8 Å². The molecule has 0 aromatic heterocycles. The first-order chi connectivity index (χ1) is 7.61. The van der Waals surface area contributed by atoms with Crippen LogP contribution in [0.5, 0.6) is 0 Å². The fourth-order valence-electron chi connectivity index (χ4n) is 1.19. The molecule has 88 valence electrons. The molecule has 1 aromatic rings. The van der Waals surface area contributed by atoms with Gasteiger partial charge in [0.25, 0.3) is 0 Å². The van der Waals surface area contributed by atoms with E-state index in [1.165, 1.54) is 12.1 Å². The van der Waals surface area contributed by atoms with Crippen molar-refractivity contribution in [2.45, 2.75) is 13.3 Å². The van der Waals surface area contributed by atoms with Gasteiger partial charge in [0.15, 0.2) is 0 Å². The summed E-state index contributed by atoms with van der Waals surface area (Å²) in [5.41, 5.74) is 0.803. The van der Waals surface area contributed by atoms with E-state index >= 15 is 0 Å². The molecule has 0 bridgehead atoms. The number of nitrogens with one attached hydrogen (secondary N) is 1. The molecule has 0 saturated carbocycles. The fraction of sp³-hybridized carbons (Fsp3) is 0.417. The number of benzene rings is 1. The Morgan fingerprint density at radius 2 is 2.06 bits per heavy atom. The van der Waals surface area contributed by atoms with Crippen LogP contribution in [0.2, 0.25) is 0 Å². The highest BCUT2D eigenvalue weighted by Crippen LogP contribution is 2.03. The molecule has 0 spiro atoms. The SMILES string of the molecule is CC(CCl)CNC(=O)Cc1ccc(F)cc1. The lowest BCUT2D eigenvalue weighted by Crippen LogP contribution is -2.30. The summed E-state index contributed by atoms with van der Waals surface area (Å²) < 4.78 is 12.6. The minimum Gasteiger partial charge on any atom is -0.356 e. The van der Waals surface area contributed by atoms with Crippen molar-refractivity contribution in [3.63, 3.8) is 0 Å². The van der Waals surface area contributed by atoms with E-state index < -0.39 is 0 Å². The Kier molecular flexibility index (Phi) is 5.26. The van der Waals surface area contributed by atoms with Crippen LogP contribution in [0.4, 0.5) is 4.39 Å². The van der Waals surface area contributed by atoms with Crippen LogP contribution >= 0.6 is 11.6 Å². The van der Waals surface area contributed by atoms with Crippen molar-refractivity contribution >= 4 is 17.5 Å². The predicted octanol–water partition coefficient (Wildman–Crippen LogP) is 2.36. The molecule has 2 nitrogen and oxygen atoms in total. The van der Waals surface area contributed by atoms with Crippen molar-refractivity contribution in [3.8, 4) is 0 Å². The van der Waals surface area contributed by atoms with E-state index in [1.54, 1.807) is 12.1 Å². The molecule has 1 amide bonds. The molecule has 1 N–H and O–H groups in total. The lowest BCUT2D eigenvalue weighted by Gasteiger charge is -2.09. The first kappa shape index (κ1) is 13.0. The van der Waals surface area contributed by atoms with Crippen LogP contribution in [0.15, 0.2) is 24.3 Å². The minimum absolute atomic E-state index is 0.0661. The molecule has 0 fully saturated rings. The maximum atomic E-state index is 12.6. The van der Waals surface area contributed by atoms with Crippen molar-refractivity contribution in [3.05, 3.63) is 35.6 Å². The minimum atomic E-state index is -0.292. The molecule has 0 saturated heterocycles. The third-order valence-electron chi connectivity index (χ3n) is 2.19. The Morgan fingerprint density at radius 1 is 1.44 bits per heavy atom. The van der Waals surface area contributed by atoms with E-state index in [4.69, 9.17) is 11.6 Å². The predicted molar refractivity (Wildman–Crippen MR) is 63.0 cm³/mol. The molecule has 0 radical (unpaired) electrons. The number of hydrogen-bond donors (Lipinski definition) is 1. The highest BCUT2D eigenvalue weighted by Gasteiger charge is 2.05. The second-order valence-corrected chi connectivity index (χ2v) is 4.18. The van der Waals surface area contributed by atoms with Crippen LogP contribution < -0.4 is 5.32 Å². The van der Waals surface area contributed by atoms with Gasteiger partial charge in [-0.2, -0.15) is 0 Å². The number of rotatable bonds is 5. The maximum Gasteiger partial charge on any atom is 0.224 e. The number of halogens is 2. The van der Waals surface area contributed by atoms with Crippen LogP contribution in [0, 0.1) is 11.7 Å². The van der Waals surface area contributed by atoms with E-state index in [2.05, 4.69) is 5.32 Å². The summed E-state index contributed by atoms with van der Waals surface area (Å²) in [5.74, 6) is 0.430. The number of alkyl halides is 1. The van der Waals surface area contributed by atoms with Crippen molar-refractivity contribution in [1.29, 1.82) is 0 Å². The Hall–Kier alpha value is -1.09. The van der Waals surface area contributed by atoms with Gasteiger partial charge in [-0.05, 0) is 23.6 Å². The van der Waals surface area contributed by atoms with Gasteiger partial charge in [-0.3, -0.25) is 4.79 Å². The van der Waals surface area contributed by atoms with Crippen molar-refractivity contribution in [2.75, 3.05) is 12.4 Å². The third kappa shape index (κ3) is 4.62. The van der Waals surface area contributed by atoms with Gasteiger partial charge >= 0.3 is 0 Å². The lowest BCUT2D eigenvalue weighted by molar-refractivity contribution is -0.120. The zero-order valence-corrected chi connectivity index (χ0v) is 9.93. The van der Waals surface area contributed by atoms with Gasteiger partial charge in [-0.1, -0.05) is 19.1 Å². The average Bonchev–Trinajstić information content (AvgIpc) is 2.29. The van der Waals surface area contributed by atoms with E-state index in [0.717, 1.165) is 5.56 Å². The number of amides is 1. The van der Waals surface area contributed by atoms with Crippen LogP contribution in [-0.2, 0) is 11.2 Å². The highest BCUT2D eigenvalue weighted by atomic mass is 35.5. The first-order valence-corrected chi connectivity index (χ1v) is 5.72. The molecule has 4 heteroatoms. The summed E-state index contributed by atoms with van der Waals surface area (Å²) in [7, 11) is 0. The standard InChI is InChI=1S/C12H15ClFNO/c1-9(7-13)8-15-12(16)6-10-2-4-11(14)5-3-10/h2-5,9H,6-8H2,1H3,(H,15,16). The van der Waals surface area contributed by atoms with Gasteiger partial charge in [0, 0.05) is 12.4 Å². The van der Waals surface area contributed by atoms with Crippen molar-refractivity contribution in [1.82, 2.24) is 5.32 Å². The molecule has 0 aliphatic rings. The molecule has 0 aliphatic heterocycles. The van der Waals surface area contributed by atoms with Gasteiger partial charge < -0.3 is 5.32 Å². The average molecular weight is 244 g/mol. The molecule has 1 atom stereocenters. The van der Waals surface area contributed by atoms with Gasteiger partial charge in [-0.25, -0.2) is 4.39 Å². The molecule has 1 unspecified atom stereocenters. The summed E-state index contributed by atoms with van der Waals surface area (Å²) in [6.07, 6.45) is 0.273. The summed E-state index contributed by atoms with van der Waals surface area (Å²) in [6, 6.07) is 5.92. The zero-order chi connectivity index (χ0) is 12.0. The van der Waals surface area contributed by atoms with Crippen LogP contribution in [0.1, 0.15) is 12.5 Å². The summed E-state index contributed by atoms with van der Waals surface area (Å²) in [5, 5.41) is 2.78. The Balaban J connectivity index is 2.37. The summed E-state index contributed by atoms with van der Waals surface area (Å²) in [6.45, 7) is 2.54. The number of carbonyl (C=O) groups excluding carboxylic acids is 1. The Morgan fingerprint density at radius 3 is 2.62 bits per heavy atom. The van der Waals surface area contributed by atoms with E-state index in [-0.39, 0.29) is 24.1 Å². The van der Waals surface area contributed by atoms with Crippen molar-refractivity contribution < 1.29 is 9.18 Å². The summed E-state index contributed by atoms with van der Waals surface area (Å²) in [4.78, 5) is 11.5. The second kappa shape index (κ2) is 6.48. The zero-order valence-electron chi connectivity index (χ0n) is 9.17. The largest absolute Gasteiger partial charge is 0.356 e. The second-order valence-electron chi connectivity index (χ2n) is 3.87. The van der Waals surface area contributed by atoms with Gasteiger partial charge in [-0.15, -0.1) is 11.6 Å². The van der Waals surface area contributed by atoms with E-state index in [0.29, 0.717) is 12.4 Å². The normalized spacial score (nSPS) is 12.2. The monoisotopic (exact) mass is 243 g/mol. The van der Waals surface area contributed by atoms with Gasteiger partial charge in [0.2, 0.25) is 5.91 Å². The number of hydrogen-bond acceptors (Lipinski definition) is 1. The first-order valence-electron chi connectivity index (χ1n) is 5.19. The van der Waals surface area contributed by atoms with E-state index in [1.807, 2.05) is 6.92 Å². The molecular weight excluding hydrogens is 229 g/mol. The fourth-order valence-corrected chi connectivity index (χ4v) is 1.30. The Bertz CT molecular complexity index is 339. The molecule has 1 rings (SSSR count). The molecular formula is C12H15ClFNO. The van der Waals surface area contributed by atoms with E-state index in [9.17, 15) is 9.18 Å². The maximum absolute atomic E-state index is 12.6.